The Hall–Kier alpha value is -1.92. The average Bonchev–Trinajstić information content (AvgIpc) is 3.08. The van der Waals surface area contributed by atoms with E-state index in [-0.39, 0.29) is 24.0 Å². The molecule has 1 fully saturated rings. The lowest BCUT2D eigenvalue weighted by molar-refractivity contribution is 0.0234. The zero-order valence-corrected chi connectivity index (χ0v) is 15.7. The van der Waals surface area contributed by atoms with Gasteiger partial charge < -0.3 is 15.2 Å². The number of aromatic nitrogens is 1. The zero-order valence-electron chi connectivity index (χ0n) is 14.9. The number of hydrogen-bond acceptors (Lipinski definition) is 5. The van der Waals surface area contributed by atoms with E-state index in [2.05, 4.69) is 10.3 Å². The van der Waals surface area contributed by atoms with Crippen molar-refractivity contribution in [3.8, 4) is 5.75 Å². The van der Waals surface area contributed by atoms with Crippen molar-refractivity contribution in [2.45, 2.75) is 50.7 Å². The Kier molecular flexibility index (Phi) is 4.96. The Balaban J connectivity index is 1.58. The van der Waals surface area contributed by atoms with Crippen LogP contribution in [-0.4, -0.2) is 29.2 Å². The number of ether oxygens (including phenoxy) is 1. The summed E-state index contributed by atoms with van der Waals surface area (Å²) >= 11 is 1.70. The second-order valence-electron chi connectivity index (χ2n) is 7.25. The van der Waals surface area contributed by atoms with E-state index in [1.165, 1.54) is 16.9 Å². The number of hydrogen-bond donors (Lipinski definition) is 2. The molecule has 2 heterocycles. The predicted molar refractivity (Wildman–Crippen MR) is 101 cm³/mol. The summed E-state index contributed by atoms with van der Waals surface area (Å²) in [5, 5.41) is 15.0. The molecule has 1 atom stereocenters. The summed E-state index contributed by atoms with van der Waals surface area (Å²) in [5.74, 6) is 0.880. The first-order valence-electron chi connectivity index (χ1n) is 9.23. The van der Waals surface area contributed by atoms with Crippen molar-refractivity contribution < 1.29 is 14.6 Å². The minimum absolute atomic E-state index is 0.0152. The van der Waals surface area contributed by atoms with Crippen LogP contribution in [-0.2, 0) is 12.8 Å². The predicted octanol–water partition coefficient (Wildman–Crippen LogP) is 3.27. The fraction of sp³-hybridized carbons (Fsp3) is 0.500. The van der Waals surface area contributed by atoms with Crippen LogP contribution in [0.5, 0.6) is 5.75 Å². The number of amides is 1. The quantitative estimate of drug-likeness (QED) is 0.845. The van der Waals surface area contributed by atoms with Crippen LogP contribution in [0.1, 0.15) is 58.1 Å². The molecule has 2 aromatic heterocycles. The molecule has 2 aliphatic carbocycles. The molecule has 0 spiro atoms. The number of nitrogens with one attached hydrogen (secondary N) is 1. The molecule has 0 aromatic carbocycles. The summed E-state index contributed by atoms with van der Waals surface area (Å²) < 4.78 is 5.29. The molecule has 0 aliphatic heterocycles. The second kappa shape index (κ2) is 7.37. The first-order chi connectivity index (χ1) is 12.7. The van der Waals surface area contributed by atoms with Gasteiger partial charge in [-0.2, -0.15) is 0 Å². The Bertz CT molecular complexity index is 798. The third kappa shape index (κ3) is 3.35. The van der Waals surface area contributed by atoms with Crippen LogP contribution in [0.15, 0.2) is 23.8 Å². The summed E-state index contributed by atoms with van der Waals surface area (Å²) in [4.78, 5) is 18.6. The average molecular weight is 372 g/mol. The summed E-state index contributed by atoms with van der Waals surface area (Å²) in [5.41, 5.74) is 2.99. The van der Waals surface area contributed by atoms with Crippen LogP contribution in [0, 0.1) is 5.92 Å². The van der Waals surface area contributed by atoms with Crippen LogP contribution in [0.3, 0.4) is 0 Å². The topological polar surface area (TPSA) is 71.5 Å². The lowest BCUT2D eigenvalue weighted by Gasteiger charge is -2.38. The molecule has 4 rings (SSSR count). The van der Waals surface area contributed by atoms with E-state index in [4.69, 9.17) is 4.74 Å². The first-order valence-corrected chi connectivity index (χ1v) is 10.1. The van der Waals surface area contributed by atoms with Gasteiger partial charge in [-0.1, -0.05) is 0 Å². The summed E-state index contributed by atoms with van der Waals surface area (Å²) in [6.45, 7) is 0. The fourth-order valence-electron chi connectivity index (χ4n) is 4.00. The molecule has 0 unspecified atom stereocenters. The van der Waals surface area contributed by atoms with Crippen LogP contribution < -0.4 is 10.1 Å². The van der Waals surface area contributed by atoms with Gasteiger partial charge in [-0.3, -0.25) is 9.78 Å². The van der Waals surface area contributed by atoms with Crippen molar-refractivity contribution in [3.05, 3.63) is 45.4 Å². The van der Waals surface area contributed by atoms with Crippen molar-refractivity contribution in [1.82, 2.24) is 10.3 Å². The number of rotatable bonds is 5. The molecule has 2 aromatic rings. The maximum absolute atomic E-state index is 13.0. The van der Waals surface area contributed by atoms with Crippen LogP contribution in [0.25, 0.3) is 0 Å². The lowest BCUT2D eigenvalue weighted by Crippen LogP contribution is -2.41. The highest BCUT2D eigenvalue weighted by Gasteiger charge is 2.36. The number of aliphatic hydroxyl groups is 1. The van der Waals surface area contributed by atoms with E-state index in [0.29, 0.717) is 18.6 Å². The molecule has 1 amide bonds. The van der Waals surface area contributed by atoms with Crippen LogP contribution >= 0.6 is 11.3 Å². The SMILES string of the molecule is COc1cncc([C@@H](NC(=O)c2csc3c2CCCC3)C2CC(O)C2)c1. The highest BCUT2D eigenvalue weighted by Crippen LogP contribution is 2.39. The molecule has 2 aliphatic rings. The smallest absolute Gasteiger partial charge is 0.252 e. The Morgan fingerprint density at radius 3 is 2.92 bits per heavy atom. The Labute approximate surface area is 157 Å². The van der Waals surface area contributed by atoms with Crippen molar-refractivity contribution in [2.24, 2.45) is 5.92 Å². The monoisotopic (exact) mass is 372 g/mol. The molecule has 138 valence electrons. The summed E-state index contributed by atoms with van der Waals surface area (Å²) in [6.07, 6.45) is 9.02. The molecular formula is C20H24N2O3S. The number of aliphatic hydroxyl groups excluding tert-OH is 1. The standard InChI is InChI=1S/C20H24N2O3S/c1-25-15-8-13(9-21-10-15)19(12-6-14(23)7-12)22-20(24)17-11-26-18-5-3-2-4-16(17)18/h8-12,14,19,23H,2-7H2,1H3,(H,22,24)/t12?,14?,19-/m0/s1. The number of fused-ring (bicyclic) bond motifs is 1. The van der Waals surface area contributed by atoms with Crippen LogP contribution in [0.4, 0.5) is 0 Å². The number of pyridine rings is 1. The largest absolute Gasteiger partial charge is 0.495 e. The van der Waals surface area contributed by atoms with Gasteiger partial charge in [0, 0.05) is 16.5 Å². The van der Waals surface area contributed by atoms with Gasteiger partial charge in [0.2, 0.25) is 0 Å². The number of carbonyl (C=O) groups is 1. The van der Waals surface area contributed by atoms with E-state index in [1.54, 1.807) is 30.8 Å². The number of thiophene rings is 1. The van der Waals surface area contributed by atoms with Crippen LogP contribution in [0.2, 0.25) is 0 Å². The molecule has 1 saturated carbocycles. The number of carbonyl (C=O) groups excluding carboxylic acids is 1. The number of nitrogens with zero attached hydrogens (tertiary/aromatic N) is 1. The molecule has 2 N–H and O–H groups in total. The normalized spacial score (nSPS) is 22.8. The molecule has 26 heavy (non-hydrogen) atoms. The third-order valence-corrected chi connectivity index (χ3v) is 6.63. The maximum atomic E-state index is 13.0. The van der Waals surface area contributed by atoms with Gasteiger partial charge in [-0.15, -0.1) is 11.3 Å². The van der Waals surface area contributed by atoms with Crippen molar-refractivity contribution in [1.29, 1.82) is 0 Å². The minimum Gasteiger partial charge on any atom is -0.495 e. The molecular weight excluding hydrogens is 348 g/mol. The fourth-order valence-corrected chi connectivity index (χ4v) is 5.12. The highest BCUT2D eigenvalue weighted by molar-refractivity contribution is 7.10. The Morgan fingerprint density at radius 2 is 2.15 bits per heavy atom. The first kappa shape index (κ1) is 17.5. The van der Waals surface area contributed by atoms with Crippen molar-refractivity contribution >= 4 is 17.2 Å². The zero-order chi connectivity index (χ0) is 18.1. The van der Waals surface area contributed by atoms with E-state index < -0.39 is 0 Å². The van der Waals surface area contributed by atoms with E-state index >= 15 is 0 Å². The number of aryl methyl sites for hydroxylation is 1. The molecule has 6 heteroatoms. The molecule has 0 saturated heterocycles. The number of methoxy groups -OCH3 is 1. The van der Waals surface area contributed by atoms with Gasteiger partial charge >= 0.3 is 0 Å². The second-order valence-corrected chi connectivity index (χ2v) is 8.22. The van der Waals surface area contributed by atoms with E-state index in [9.17, 15) is 9.90 Å². The van der Waals surface area contributed by atoms with E-state index in [0.717, 1.165) is 30.4 Å². The van der Waals surface area contributed by atoms with Gasteiger partial charge in [0.25, 0.3) is 5.91 Å². The van der Waals surface area contributed by atoms with Crippen molar-refractivity contribution in [3.63, 3.8) is 0 Å². The minimum atomic E-state index is -0.271. The van der Waals surface area contributed by atoms with Gasteiger partial charge in [-0.05, 0) is 61.6 Å². The summed E-state index contributed by atoms with van der Waals surface area (Å²) in [7, 11) is 1.61. The van der Waals surface area contributed by atoms with E-state index in [1.807, 2.05) is 11.4 Å². The third-order valence-electron chi connectivity index (χ3n) is 5.54. The Morgan fingerprint density at radius 1 is 1.35 bits per heavy atom. The summed E-state index contributed by atoms with van der Waals surface area (Å²) in [6, 6.07) is 1.76. The maximum Gasteiger partial charge on any atom is 0.252 e. The van der Waals surface area contributed by atoms with Gasteiger partial charge in [0.1, 0.15) is 5.75 Å². The highest BCUT2D eigenvalue weighted by atomic mass is 32.1. The van der Waals surface area contributed by atoms with Gasteiger partial charge in [-0.25, -0.2) is 0 Å². The molecule has 0 bridgehead atoms. The van der Waals surface area contributed by atoms with Gasteiger partial charge in [0.05, 0.1) is 31.0 Å². The van der Waals surface area contributed by atoms with Gasteiger partial charge in [0.15, 0.2) is 0 Å². The molecule has 0 radical (unpaired) electrons. The molecule has 5 nitrogen and oxygen atoms in total. The van der Waals surface area contributed by atoms with Crippen molar-refractivity contribution in [2.75, 3.05) is 7.11 Å². The lowest BCUT2D eigenvalue weighted by atomic mass is 9.75.